The summed E-state index contributed by atoms with van der Waals surface area (Å²) in [6.07, 6.45) is 1.64. The van der Waals surface area contributed by atoms with Crippen molar-refractivity contribution in [3.05, 3.63) is 35.9 Å². The smallest absolute Gasteiger partial charge is 0.111 e. The Morgan fingerprint density at radius 2 is 1.86 bits per heavy atom. The summed E-state index contributed by atoms with van der Waals surface area (Å²) in [4.78, 5) is 4.83. The molecule has 1 aromatic rings. The molecule has 120 valence electrons. The summed E-state index contributed by atoms with van der Waals surface area (Å²) >= 11 is 0. The summed E-state index contributed by atoms with van der Waals surface area (Å²) in [5.41, 5.74) is 0.992. The predicted octanol–water partition coefficient (Wildman–Crippen LogP) is 2.51. The Kier molecular flexibility index (Phi) is 6.38. The molecule has 0 saturated carbocycles. The molecular formula is C18H27N3O. The molecule has 1 atom stereocenters. The molecule has 1 aliphatic rings. The number of ether oxygens (including phenoxy) is 1. The topological polar surface area (TPSA) is 39.5 Å². The van der Waals surface area contributed by atoms with Gasteiger partial charge in [-0.1, -0.05) is 37.3 Å². The fourth-order valence-electron chi connectivity index (χ4n) is 3.21. The largest absolute Gasteiger partial charge is 0.385 e. The van der Waals surface area contributed by atoms with E-state index in [0.29, 0.717) is 6.61 Å². The van der Waals surface area contributed by atoms with Crippen LogP contribution in [0.4, 0.5) is 0 Å². The predicted molar refractivity (Wildman–Crippen MR) is 88.4 cm³/mol. The van der Waals surface area contributed by atoms with Gasteiger partial charge in [0.1, 0.15) is 5.54 Å². The fraction of sp³-hybridized carbons (Fsp3) is 0.611. The molecule has 4 heteroatoms. The second-order valence-electron chi connectivity index (χ2n) is 5.99. The monoisotopic (exact) mass is 301 g/mol. The van der Waals surface area contributed by atoms with Crippen LogP contribution in [0.3, 0.4) is 0 Å². The first-order valence-corrected chi connectivity index (χ1v) is 8.15. The van der Waals surface area contributed by atoms with Crippen molar-refractivity contribution in [1.82, 2.24) is 9.80 Å². The first-order valence-electron chi connectivity index (χ1n) is 8.15. The Hall–Kier alpha value is -1.41. The first kappa shape index (κ1) is 17.0. The van der Waals surface area contributed by atoms with E-state index < -0.39 is 0 Å². The van der Waals surface area contributed by atoms with Crippen LogP contribution >= 0.6 is 0 Å². The SMILES string of the molecule is CCC(C#N)(CCOC)N1CCN(Cc2ccccc2)CC1. The summed E-state index contributed by atoms with van der Waals surface area (Å²) in [5, 5.41) is 9.70. The summed E-state index contributed by atoms with van der Waals surface area (Å²) in [7, 11) is 1.70. The number of nitrogens with zero attached hydrogens (tertiary/aromatic N) is 3. The van der Waals surface area contributed by atoms with Crippen LogP contribution in [-0.2, 0) is 11.3 Å². The van der Waals surface area contributed by atoms with E-state index in [1.54, 1.807) is 7.11 Å². The van der Waals surface area contributed by atoms with E-state index in [1.807, 2.05) is 0 Å². The van der Waals surface area contributed by atoms with Gasteiger partial charge in [-0.3, -0.25) is 9.80 Å². The summed E-state index contributed by atoms with van der Waals surface area (Å²) in [6, 6.07) is 13.2. The fourth-order valence-corrected chi connectivity index (χ4v) is 3.21. The summed E-state index contributed by atoms with van der Waals surface area (Å²) < 4.78 is 5.20. The van der Waals surface area contributed by atoms with E-state index in [0.717, 1.165) is 45.6 Å². The van der Waals surface area contributed by atoms with Gasteiger partial charge in [-0.2, -0.15) is 5.26 Å². The highest BCUT2D eigenvalue weighted by Crippen LogP contribution is 2.25. The van der Waals surface area contributed by atoms with Crippen molar-refractivity contribution in [2.24, 2.45) is 0 Å². The van der Waals surface area contributed by atoms with Crippen molar-refractivity contribution in [3.63, 3.8) is 0 Å². The number of hydrogen-bond donors (Lipinski definition) is 0. The standard InChI is InChI=1S/C18H27N3O/c1-3-18(16-19,9-14-22-2)21-12-10-20(11-13-21)15-17-7-5-4-6-8-17/h4-8H,3,9-15H2,1-2H3. The summed E-state index contributed by atoms with van der Waals surface area (Å²) in [6.45, 7) is 7.70. The minimum absolute atomic E-state index is 0.366. The third-order valence-corrected chi connectivity index (χ3v) is 4.74. The molecule has 0 N–H and O–H groups in total. The van der Waals surface area contributed by atoms with Crippen LogP contribution in [0.1, 0.15) is 25.3 Å². The Labute approximate surface area is 134 Å². The molecule has 1 heterocycles. The number of benzene rings is 1. The highest BCUT2D eigenvalue weighted by molar-refractivity contribution is 5.15. The van der Waals surface area contributed by atoms with E-state index in [-0.39, 0.29) is 5.54 Å². The maximum Gasteiger partial charge on any atom is 0.111 e. The van der Waals surface area contributed by atoms with Gasteiger partial charge in [0.05, 0.1) is 6.07 Å². The molecule has 22 heavy (non-hydrogen) atoms. The molecule has 0 spiro atoms. The Balaban J connectivity index is 1.91. The third-order valence-electron chi connectivity index (χ3n) is 4.74. The molecule has 0 amide bonds. The van der Waals surface area contributed by atoms with E-state index in [9.17, 15) is 5.26 Å². The highest BCUT2D eigenvalue weighted by Gasteiger charge is 2.36. The zero-order valence-electron chi connectivity index (χ0n) is 13.8. The lowest BCUT2D eigenvalue weighted by molar-refractivity contribution is 0.0370. The quantitative estimate of drug-likeness (QED) is 0.776. The van der Waals surface area contributed by atoms with Crippen molar-refractivity contribution in [3.8, 4) is 6.07 Å². The van der Waals surface area contributed by atoms with Gasteiger partial charge in [-0.15, -0.1) is 0 Å². The minimum Gasteiger partial charge on any atom is -0.385 e. The van der Waals surface area contributed by atoms with Crippen LogP contribution in [-0.4, -0.2) is 55.2 Å². The maximum absolute atomic E-state index is 9.70. The van der Waals surface area contributed by atoms with Crippen molar-refractivity contribution < 1.29 is 4.74 Å². The lowest BCUT2D eigenvalue weighted by atomic mass is 9.91. The minimum atomic E-state index is -0.366. The van der Waals surface area contributed by atoms with Crippen LogP contribution in [0, 0.1) is 11.3 Å². The molecule has 4 nitrogen and oxygen atoms in total. The zero-order chi connectivity index (χ0) is 15.8. The molecular weight excluding hydrogens is 274 g/mol. The van der Waals surface area contributed by atoms with Gasteiger partial charge in [0.25, 0.3) is 0 Å². The van der Waals surface area contributed by atoms with Crippen LogP contribution in [0.2, 0.25) is 0 Å². The number of methoxy groups -OCH3 is 1. The molecule has 1 saturated heterocycles. The average molecular weight is 301 g/mol. The van der Waals surface area contributed by atoms with Crippen LogP contribution < -0.4 is 0 Å². The average Bonchev–Trinajstić information content (AvgIpc) is 2.58. The van der Waals surface area contributed by atoms with Gasteiger partial charge in [0, 0.05) is 52.9 Å². The Bertz CT molecular complexity index is 477. The van der Waals surface area contributed by atoms with Gasteiger partial charge < -0.3 is 4.74 Å². The van der Waals surface area contributed by atoms with Crippen molar-refractivity contribution in [1.29, 1.82) is 5.26 Å². The van der Waals surface area contributed by atoms with E-state index in [2.05, 4.69) is 53.1 Å². The Morgan fingerprint density at radius 3 is 2.41 bits per heavy atom. The van der Waals surface area contributed by atoms with Gasteiger partial charge in [-0.25, -0.2) is 0 Å². The molecule has 2 rings (SSSR count). The number of nitriles is 1. The molecule has 0 bridgehead atoms. The van der Waals surface area contributed by atoms with Crippen molar-refractivity contribution in [2.75, 3.05) is 39.9 Å². The van der Waals surface area contributed by atoms with E-state index in [1.165, 1.54) is 5.56 Å². The zero-order valence-corrected chi connectivity index (χ0v) is 13.8. The third kappa shape index (κ3) is 4.07. The van der Waals surface area contributed by atoms with Crippen LogP contribution in [0.5, 0.6) is 0 Å². The van der Waals surface area contributed by atoms with Gasteiger partial charge in [0.15, 0.2) is 0 Å². The number of piperazine rings is 1. The number of hydrogen-bond acceptors (Lipinski definition) is 4. The second-order valence-corrected chi connectivity index (χ2v) is 5.99. The normalized spacial score (nSPS) is 19.5. The van der Waals surface area contributed by atoms with E-state index >= 15 is 0 Å². The molecule has 0 aliphatic carbocycles. The number of rotatable bonds is 7. The molecule has 0 aromatic heterocycles. The highest BCUT2D eigenvalue weighted by atomic mass is 16.5. The Morgan fingerprint density at radius 1 is 1.18 bits per heavy atom. The van der Waals surface area contributed by atoms with Gasteiger partial charge in [0.2, 0.25) is 0 Å². The van der Waals surface area contributed by atoms with Crippen LogP contribution in [0.15, 0.2) is 30.3 Å². The molecule has 0 radical (unpaired) electrons. The van der Waals surface area contributed by atoms with Crippen molar-refractivity contribution in [2.45, 2.75) is 31.8 Å². The molecule has 1 aliphatic heterocycles. The van der Waals surface area contributed by atoms with E-state index in [4.69, 9.17) is 4.74 Å². The lowest BCUT2D eigenvalue weighted by Crippen LogP contribution is -2.56. The maximum atomic E-state index is 9.70. The van der Waals surface area contributed by atoms with Crippen molar-refractivity contribution >= 4 is 0 Å². The first-order chi connectivity index (χ1) is 10.7. The molecule has 1 unspecified atom stereocenters. The lowest BCUT2D eigenvalue weighted by Gasteiger charge is -2.43. The summed E-state index contributed by atoms with van der Waals surface area (Å²) in [5.74, 6) is 0. The second kappa shape index (κ2) is 8.28. The molecule has 1 aromatic carbocycles. The van der Waals surface area contributed by atoms with Gasteiger partial charge >= 0.3 is 0 Å². The van der Waals surface area contributed by atoms with Crippen LogP contribution in [0.25, 0.3) is 0 Å². The van der Waals surface area contributed by atoms with Gasteiger partial charge in [-0.05, 0) is 12.0 Å². The molecule has 1 fully saturated rings.